The molecule has 15 heterocycles. The van der Waals surface area contributed by atoms with Crippen molar-refractivity contribution in [1.82, 2.24) is 83.5 Å². The lowest BCUT2D eigenvalue weighted by Crippen LogP contribution is -2.42. The van der Waals surface area contributed by atoms with Gasteiger partial charge in [-0.2, -0.15) is 20.1 Å². The van der Waals surface area contributed by atoms with E-state index < -0.39 is 0 Å². The van der Waals surface area contributed by atoms with E-state index in [1.54, 1.807) is 31.1 Å². The number of likely N-dealkylation sites (tertiary alicyclic amines) is 8. The summed E-state index contributed by atoms with van der Waals surface area (Å²) < 4.78 is 21.2. The minimum absolute atomic E-state index is 0.449. The highest BCUT2D eigenvalue weighted by atomic mass is 32.1. The summed E-state index contributed by atoms with van der Waals surface area (Å²) in [7, 11) is 0. The SMILES string of the molecule is CC(C)[C@@H]1CCC(C)N1C(C)C.CC(C)[C@@H]1C[C@H](C2CCCO2)CN1C(C)C.CC(C)[C@@H]1C[C@H](c2ccco2)CN1C(C)C.CC(C)[C@@H]1C[C@H](c2cncs2)CN1C(C)C.CC(C)[C@@H]1C[C@H](c2ncco2)CN1C(C)C.CC(C)[C@@H]1C[C@H](n2cccn2)CN1C(C)C.CC(C)[C@@H]1C[C@H](n2ccnc2)CN1C(C)C.CC(C)[C@@H]1C[C@H](n2nccn2)CN1C(C)C. The molecule has 20 nitrogen and oxygen atoms in total. The Morgan fingerprint density at radius 3 is 1.23 bits per heavy atom. The molecule has 0 saturated carbocycles. The van der Waals surface area contributed by atoms with E-state index in [0.717, 1.165) is 123 Å². The predicted molar refractivity (Wildman–Crippen MR) is 519 cm³/mol. The van der Waals surface area contributed by atoms with E-state index in [2.05, 4.69) is 332 Å². The van der Waals surface area contributed by atoms with Crippen LogP contribution in [-0.2, 0) is 4.74 Å². The number of hydrogen-bond donors (Lipinski definition) is 0. The van der Waals surface area contributed by atoms with Crippen LogP contribution in [0.25, 0.3) is 0 Å². The molecular weight excluding hydrogens is 1560 g/mol. The van der Waals surface area contributed by atoms with Crippen LogP contribution >= 0.6 is 11.3 Å². The molecule has 124 heavy (non-hydrogen) atoms. The summed E-state index contributed by atoms with van der Waals surface area (Å²) in [6, 6.07) is 19.5. The van der Waals surface area contributed by atoms with Crippen molar-refractivity contribution in [3.63, 3.8) is 0 Å². The Labute approximate surface area is 762 Å². The maximum Gasteiger partial charge on any atom is 0.198 e. The number of thiazole rings is 1. The number of oxazole rings is 1. The molecule has 9 fully saturated rings. The van der Waals surface area contributed by atoms with Gasteiger partial charge in [0.2, 0.25) is 0 Å². The Kier molecular flexibility index (Phi) is 42.3. The van der Waals surface area contributed by atoms with Gasteiger partial charge < -0.3 is 18.1 Å². The number of nitrogens with zero attached hydrogens (tertiary/aromatic N) is 17. The van der Waals surface area contributed by atoms with Gasteiger partial charge in [-0.25, -0.2) is 9.97 Å². The van der Waals surface area contributed by atoms with Crippen LogP contribution in [0.15, 0.2) is 101 Å². The summed E-state index contributed by atoms with van der Waals surface area (Å²) in [5.41, 5.74) is 1.96. The van der Waals surface area contributed by atoms with Crippen LogP contribution in [0.4, 0.5) is 0 Å². The van der Waals surface area contributed by atoms with Crippen LogP contribution in [0.1, 0.15) is 352 Å². The van der Waals surface area contributed by atoms with Crippen LogP contribution in [-0.4, -0.2) is 245 Å². The van der Waals surface area contributed by atoms with E-state index in [-0.39, 0.29) is 0 Å². The monoisotopic (exact) mass is 1740 g/mol. The number of hydrogen-bond acceptors (Lipinski definition) is 18. The smallest absolute Gasteiger partial charge is 0.198 e. The molecule has 0 aromatic carbocycles. The largest absolute Gasteiger partial charge is 0.469 e. The van der Waals surface area contributed by atoms with Crippen LogP contribution in [0, 0.1) is 53.3 Å². The van der Waals surface area contributed by atoms with Crippen molar-refractivity contribution in [1.29, 1.82) is 0 Å². The number of imidazole rings is 1. The van der Waals surface area contributed by atoms with Crippen molar-refractivity contribution in [3.05, 3.63) is 109 Å². The molecule has 0 bridgehead atoms. The van der Waals surface area contributed by atoms with Crippen molar-refractivity contribution in [2.45, 2.75) is 444 Å². The normalized spacial score (nSPS) is 28.9. The van der Waals surface area contributed by atoms with Crippen molar-refractivity contribution in [2.75, 3.05) is 52.4 Å². The van der Waals surface area contributed by atoms with Gasteiger partial charge in [0.05, 0.1) is 54.9 Å². The standard InChI is InChI=1S/C14H27NO.C14H23NO.2C13H23N3.C13H22N2O.C13H22N2S.C12H22N4.C11H23N/c2*1-10(2)13-8-12(9-15(13)11(3)4)14-6-5-7-16-14;1-10(2)13-7-12(8-16(13)11(3)4)15-6-5-14-9-15;1-10(2)13-8-12(9-15(13)11(3)4)16-7-5-6-14-16;1-9(2)12-7-11(8-15(12)10(3)4)13-14-5-6-16-13;1-9(2)12-5-11(7-15(12)10(3)4)13-6-14-8-16-13;1-9(2)12-7-11(8-15(12)10(3)4)16-13-5-6-14-16;1-8(2)11-7-6-10(5)12(11)9(3)4/h10-14H,5-9H2,1-4H3;5-7,10-13H,8-9H2,1-4H3;5-6,9-13H,7-8H2,1-4H3;5-7,10-13H,8-9H2,1-4H3;5-6,9-12H,7-8H2,1-4H3;6,8-12H,5,7H2,1-4H3;5-6,9-12H,7-8H2,1-4H3;8-11H,6-7H2,1-5H3/t12-,13-,14?;3*12-,13-;3*11-,12-;10?,11-/m00000000/s1. The third-order valence-electron chi connectivity index (χ3n) is 29.5. The van der Waals surface area contributed by atoms with Crippen LogP contribution in [0.5, 0.6) is 0 Å². The zero-order chi connectivity index (χ0) is 91.2. The zero-order valence-electron chi connectivity index (χ0n) is 84.9. The minimum Gasteiger partial charge on any atom is -0.469 e. The van der Waals surface area contributed by atoms with E-state index in [1.807, 2.05) is 52.5 Å². The number of aromatic nitrogens is 9. The second-order valence-corrected chi connectivity index (χ2v) is 44.6. The molecule has 0 N–H and O–H groups in total. The molecule has 0 aliphatic carbocycles. The average molecular weight is 1740 g/mol. The summed E-state index contributed by atoms with van der Waals surface area (Å²) in [5.74, 6) is 10.6. The fourth-order valence-electron chi connectivity index (χ4n) is 22.7. The van der Waals surface area contributed by atoms with Crippen LogP contribution in [0.3, 0.4) is 0 Å². The van der Waals surface area contributed by atoms with Gasteiger partial charge in [0.1, 0.15) is 12.0 Å². The first kappa shape index (κ1) is 105. The highest BCUT2D eigenvalue weighted by Crippen LogP contribution is 2.43. The molecule has 0 radical (unpaired) electrons. The van der Waals surface area contributed by atoms with Crippen LogP contribution in [0.2, 0.25) is 0 Å². The van der Waals surface area contributed by atoms with Gasteiger partial charge in [0.25, 0.3) is 0 Å². The second-order valence-electron chi connectivity index (χ2n) is 43.6. The van der Waals surface area contributed by atoms with Crippen molar-refractivity contribution < 1.29 is 13.6 Å². The summed E-state index contributed by atoms with van der Waals surface area (Å²) in [5, 5.41) is 12.9. The van der Waals surface area contributed by atoms with Crippen molar-refractivity contribution >= 4 is 11.3 Å². The van der Waals surface area contributed by atoms with Crippen molar-refractivity contribution in [3.8, 4) is 0 Å². The van der Waals surface area contributed by atoms with Gasteiger partial charge in [0.15, 0.2) is 5.89 Å². The highest BCUT2D eigenvalue weighted by Gasteiger charge is 2.45. The first-order chi connectivity index (χ1) is 58.7. The first-order valence-electron chi connectivity index (χ1n) is 50.0. The summed E-state index contributed by atoms with van der Waals surface area (Å²) in [6.07, 6.45) is 35.3. The highest BCUT2D eigenvalue weighted by molar-refractivity contribution is 7.09. The summed E-state index contributed by atoms with van der Waals surface area (Å²) >= 11 is 1.81. The number of ether oxygens (including phenoxy) is 1. The molecule has 0 amide bonds. The summed E-state index contributed by atoms with van der Waals surface area (Å²) in [6.45, 7) is 85.5. The Bertz CT molecular complexity index is 3070. The molecule has 9 aliphatic rings. The number of rotatable bonds is 23. The minimum atomic E-state index is 0.449. The molecule has 9 aliphatic heterocycles. The molecule has 706 valence electrons. The third-order valence-corrected chi connectivity index (χ3v) is 30.5. The average Bonchev–Trinajstić information content (AvgIpc) is 1.69. The molecule has 15 rings (SSSR count). The maximum absolute atomic E-state index is 5.87. The lowest BCUT2D eigenvalue weighted by molar-refractivity contribution is 0.0642. The molecule has 21 heteroatoms. The topological polar surface area (TPSA) is 154 Å². The van der Waals surface area contributed by atoms with E-state index in [1.165, 1.54) is 88.6 Å². The molecule has 17 atom stereocenters. The van der Waals surface area contributed by atoms with Gasteiger partial charge in [-0.1, -0.05) is 111 Å². The molecule has 9 saturated heterocycles. The fraction of sp³-hybridized carbons (Fsp3) is 0.825. The lowest BCUT2D eigenvalue weighted by atomic mass is 9.93. The quantitative estimate of drug-likeness (QED) is 0.0597. The first-order valence-corrected chi connectivity index (χ1v) is 50.9. The van der Waals surface area contributed by atoms with Gasteiger partial charge in [0, 0.05) is 215 Å². The maximum atomic E-state index is 5.87. The van der Waals surface area contributed by atoms with Gasteiger partial charge in [-0.05, 0) is 260 Å². The Morgan fingerprint density at radius 2 is 0.831 bits per heavy atom. The molecular formula is C103H185N17O3S. The molecule has 2 unspecified atom stereocenters. The van der Waals surface area contributed by atoms with E-state index in [0.29, 0.717) is 126 Å². The third kappa shape index (κ3) is 29.2. The van der Waals surface area contributed by atoms with Crippen LogP contribution < -0.4 is 0 Å². The van der Waals surface area contributed by atoms with E-state index in [4.69, 9.17) is 13.6 Å². The van der Waals surface area contributed by atoms with Crippen molar-refractivity contribution in [2.24, 2.45) is 53.3 Å². The van der Waals surface area contributed by atoms with Gasteiger partial charge in [-0.3, -0.25) is 48.9 Å². The Balaban J connectivity index is 0.000000176. The van der Waals surface area contributed by atoms with Gasteiger partial charge in [-0.15, -0.1) is 11.3 Å². The molecule has 6 aromatic heterocycles. The second kappa shape index (κ2) is 50.1. The fourth-order valence-corrected chi connectivity index (χ4v) is 23.5. The predicted octanol–water partition coefficient (Wildman–Crippen LogP) is 22.7. The Morgan fingerprint density at radius 1 is 0.379 bits per heavy atom. The zero-order valence-corrected chi connectivity index (χ0v) is 85.7. The lowest BCUT2D eigenvalue weighted by Gasteiger charge is -2.34. The molecule has 0 spiro atoms. The Hall–Kier alpha value is -4.68. The molecule has 6 aromatic rings. The van der Waals surface area contributed by atoms with Gasteiger partial charge >= 0.3 is 0 Å². The number of furan rings is 1. The summed E-state index contributed by atoms with van der Waals surface area (Å²) in [4.78, 5) is 37.1. The van der Waals surface area contributed by atoms with E-state index in [9.17, 15) is 0 Å². The van der Waals surface area contributed by atoms with E-state index >= 15 is 0 Å².